The van der Waals surface area contributed by atoms with Crippen LogP contribution < -0.4 is 21.4 Å². The van der Waals surface area contributed by atoms with E-state index in [9.17, 15) is 14.4 Å². The lowest BCUT2D eigenvalue weighted by molar-refractivity contribution is 0.313. The van der Waals surface area contributed by atoms with E-state index in [-0.39, 0.29) is 23.3 Å². The topological polar surface area (TPSA) is 96.9 Å². The predicted molar refractivity (Wildman–Crippen MR) is 124 cm³/mol. The average molecular weight is 438 g/mol. The monoisotopic (exact) mass is 437 g/mol. The molecule has 0 aliphatic heterocycles. The van der Waals surface area contributed by atoms with Gasteiger partial charge in [0.15, 0.2) is 5.75 Å². The Kier molecular flexibility index (Phi) is 5.65. The highest BCUT2D eigenvalue weighted by Crippen LogP contribution is 2.31. The Balaban J connectivity index is 1.78. The molecule has 0 aliphatic carbocycles. The number of ether oxygens (including phenoxy) is 1. The van der Waals surface area contributed by atoms with Gasteiger partial charge in [-0.1, -0.05) is 25.1 Å². The second-order valence-electron chi connectivity index (χ2n) is 7.51. The summed E-state index contributed by atoms with van der Waals surface area (Å²) in [6.07, 6.45) is 2.26. The maximum atomic E-state index is 13.3. The van der Waals surface area contributed by atoms with E-state index in [1.807, 2.05) is 44.4 Å². The van der Waals surface area contributed by atoms with Crippen LogP contribution in [0.25, 0.3) is 21.3 Å². The number of hydrogen-bond acceptors (Lipinski definition) is 5. The molecule has 0 bridgehead atoms. The van der Waals surface area contributed by atoms with Crippen LogP contribution >= 0.6 is 11.3 Å². The molecule has 3 aromatic heterocycles. The first-order valence-electron chi connectivity index (χ1n) is 10.1. The van der Waals surface area contributed by atoms with Crippen LogP contribution in [0.4, 0.5) is 0 Å². The Morgan fingerprint density at radius 3 is 2.61 bits per heavy atom. The summed E-state index contributed by atoms with van der Waals surface area (Å²) in [6.45, 7) is 6.41. The van der Waals surface area contributed by atoms with Gasteiger partial charge in [-0.05, 0) is 37.0 Å². The molecule has 0 radical (unpaired) electrons. The second kappa shape index (κ2) is 8.39. The van der Waals surface area contributed by atoms with Crippen molar-refractivity contribution in [2.45, 2.75) is 33.7 Å². The summed E-state index contributed by atoms with van der Waals surface area (Å²) >= 11 is 1.33. The van der Waals surface area contributed by atoms with Gasteiger partial charge >= 0.3 is 5.69 Å². The Morgan fingerprint density at radius 2 is 1.90 bits per heavy atom. The lowest BCUT2D eigenvalue weighted by Gasteiger charge is -2.08. The summed E-state index contributed by atoms with van der Waals surface area (Å²) in [7, 11) is 0. The van der Waals surface area contributed by atoms with Crippen LogP contribution in [0.5, 0.6) is 5.75 Å². The van der Waals surface area contributed by atoms with Gasteiger partial charge in [-0.3, -0.25) is 19.1 Å². The molecule has 0 atom stereocenters. The van der Waals surface area contributed by atoms with Gasteiger partial charge in [0, 0.05) is 28.9 Å². The molecule has 3 heterocycles. The number of aromatic amines is 2. The van der Waals surface area contributed by atoms with Crippen molar-refractivity contribution < 1.29 is 4.74 Å². The fourth-order valence-electron chi connectivity index (χ4n) is 3.41. The van der Waals surface area contributed by atoms with Crippen LogP contribution in [0, 0.1) is 13.8 Å². The Bertz CT molecular complexity index is 1440. The van der Waals surface area contributed by atoms with Gasteiger partial charge in [-0.2, -0.15) is 0 Å². The van der Waals surface area contributed by atoms with Crippen molar-refractivity contribution in [2.24, 2.45) is 0 Å². The summed E-state index contributed by atoms with van der Waals surface area (Å²) in [5, 5.41) is 2.36. The first-order chi connectivity index (χ1) is 14.9. The van der Waals surface area contributed by atoms with Gasteiger partial charge < -0.3 is 9.72 Å². The minimum Gasteiger partial charge on any atom is -0.488 e. The van der Waals surface area contributed by atoms with Gasteiger partial charge in [0.2, 0.25) is 5.43 Å². The van der Waals surface area contributed by atoms with Gasteiger partial charge in [-0.15, -0.1) is 11.3 Å². The van der Waals surface area contributed by atoms with E-state index in [0.717, 1.165) is 27.7 Å². The third-order valence-electron chi connectivity index (χ3n) is 5.26. The normalized spacial score (nSPS) is 11.2. The number of fused-ring (bicyclic) bond motifs is 1. The van der Waals surface area contributed by atoms with E-state index in [1.54, 1.807) is 0 Å². The maximum absolute atomic E-state index is 13.3. The van der Waals surface area contributed by atoms with Crippen LogP contribution in [-0.4, -0.2) is 21.1 Å². The number of H-pyrrole nitrogens is 2. The standard InChI is InChI=1S/C23H23N3O4S/c1-4-7-30-19-10-24-16(9-18(19)27)11-26-22(28)20-17(12-31-21(20)25-23(26)29)15-6-5-13(2)14(3)8-15/h5-6,8-10,12H,4,7,11H2,1-3H3,(H,24,27)(H,25,29). The number of aromatic nitrogens is 3. The molecule has 7 nitrogen and oxygen atoms in total. The van der Waals surface area contributed by atoms with Gasteiger partial charge in [-0.25, -0.2) is 4.79 Å². The summed E-state index contributed by atoms with van der Waals surface area (Å²) in [4.78, 5) is 44.4. The second-order valence-corrected chi connectivity index (χ2v) is 8.39. The van der Waals surface area contributed by atoms with Crippen molar-refractivity contribution >= 4 is 21.6 Å². The highest BCUT2D eigenvalue weighted by Gasteiger charge is 2.16. The Morgan fingerprint density at radius 1 is 1.10 bits per heavy atom. The fourth-order valence-corrected chi connectivity index (χ4v) is 4.36. The molecular weight excluding hydrogens is 414 g/mol. The smallest absolute Gasteiger partial charge is 0.329 e. The number of aryl methyl sites for hydroxylation is 2. The number of nitrogens with one attached hydrogen (secondary N) is 2. The molecule has 2 N–H and O–H groups in total. The molecule has 1 aromatic carbocycles. The van der Waals surface area contributed by atoms with Crippen molar-refractivity contribution in [3.63, 3.8) is 0 Å². The Labute approximate surface area is 182 Å². The number of nitrogens with zero attached hydrogens (tertiary/aromatic N) is 1. The van der Waals surface area contributed by atoms with Crippen molar-refractivity contribution in [3.05, 3.63) is 83.7 Å². The highest BCUT2D eigenvalue weighted by atomic mass is 32.1. The molecule has 8 heteroatoms. The van der Waals surface area contributed by atoms with Crippen molar-refractivity contribution in [3.8, 4) is 16.9 Å². The minimum absolute atomic E-state index is 0.0460. The first-order valence-corrected chi connectivity index (χ1v) is 10.9. The van der Waals surface area contributed by atoms with Gasteiger partial charge in [0.1, 0.15) is 4.83 Å². The zero-order chi connectivity index (χ0) is 22.1. The highest BCUT2D eigenvalue weighted by molar-refractivity contribution is 7.17. The first kappa shape index (κ1) is 20.9. The van der Waals surface area contributed by atoms with E-state index in [0.29, 0.717) is 22.5 Å². The number of thiophene rings is 1. The minimum atomic E-state index is -0.516. The molecule has 4 rings (SSSR count). The molecule has 0 aliphatic rings. The maximum Gasteiger partial charge on any atom is 0.329 e. The van der Waals surface area contributed by atoms with Crippen LogP contribution in [-0.2, 0) is 6.54 Å². The van der Waals surface area contributed by atoms with E-state index in [1.165, 1.54) is 29.2 Å². The number of hydrogen-bond donors (Lipinski definition) is 2. The molecule has 4 aromatic rings. The fraction of sp³-hybridized carbons (Fsp3) is 0.261. The number of pyridine rings is 1. The molecule has 0 fully saturated rings. The van der Waals surface area contributed by atoms with Crippen molar-refractivity contribution in [1.82, 2.24) is 14.5 Å². The summed E-state index contributed by atoms with van der Waals surface area (Å²) < 4.78 is 6.50. The van der Waals surface area contributed by atoms with Gasteiger partial charge in [0.05, 0.1) is 18.5 Å². The molecule has 0 unspecified atom stereocenters. The van der Waals surface area contributed by atoms with Crippen LogP contribution in [0.2, 0.25) is 0 Å². The molecule has 0 spiro atoms. The van der Waals surface area contributed by atoms with Crippen molar-refractivity contribution in [1.29, 1.82) is 0 Å². The number of benzene rings is 1. The Hall–Kier alpha value is -3.39. The lowest BCUT2D eigenvalue weighted by Crippen LogP contribution is -2.35. The average Bonchev–Trinajstić information content (AvgIpc) is 3.16. The molecule has 160 valence electrons. The third kappa shape index (κ3) is 3.98. The quantitative estimate of drug-likeness (QED) is 0.482. The molecular formula is C23H23N3O4S. The SMILES string of the molecule is CCCOc1c[nH]c(Cn2c(=O)[nH]c3scc(-c4ccc(C)c(C)c4)c3c2=O)cc1=O. The van der Waals surface area contributed by atoms with E-state index in [2.05, 4.69) is 9.97 Å². The zero-order valence-electron chi connectivity index (χ0n) is 17.6. The summed E-state index contributed by atoms with van der Waals surface area (Å²) in [5.74, 6) is 0.220. The van der Waals surface area contributed by atoms with Crippen molar-refractivity contribution in [2.75, 3.05) is 6.61 Å². The van der Waals surface area contributed by atoms with E-state index < -0.39 is 5.69 Å². The van der Waals surface area contributed by atoms with Gasteiger partial charge in [0.25, 0.3) is 5.56 Å². The van der Waals surface area contributed by atoms with Crippen LogP contribution in [0.15, 0.2) is 50.2 Å². The van der Waals surface area contributed by atoms with E-state index >= 15 is 0 Å². The summed E-state index contributed by atoms with van der Waals surface area (Å²) in [6, 6.07) is 7.40. The lowest BCUT2D eigenvalue weighted by atomic mass is 10.0. The van der Waals surface area contributed by atoms with E-state index in [4.69, 9.17) is 4.74 Å². The molecule has 0 saturated heterocycles. The zero-order valence-corrected chi connectivity index (χ0v) is 18.4. The number of rotatable bonds is 6. The molecule has 0 amide bonds. The van der Waals surface area contributed by atoms with Crippen LogP contribution in [0.3, 0.4) is 0 Å². The molecule has 0 saturated carbocycles. The molecule has 31 heavy (non-hydrogen) atoms. The largest absolute Gasteiger partial charge is 0.488 e. The predicted octanol–water partition coefficient (Wildman–Crippen LogP) is 3.56. The third-order valence-corrected chi connectivity index (χ3v) is 6.16. The van der Waals surface area contributed by atoms with Crippen LogP contribution in [0.1, 0.15) is 30.2 Å². The summed E-state index contributed by atoms with van der Waals surface area (Å²) in [5.41, 5.74) is 3.26.